The van der Waals surface area contributed by atoms with E-state index in [1.54, 1.807) is 45.9 Å². The van der Waals surface area contributed by atoms with Crippen LogP contribution in [0.4, 0.5) is 0 Å². The molecule has 0 radical (unpaired) electrons. The van der Waals surface area contributed by atoms with E-state index >= 15 is 0 Å². The van der Waals surface area contributed by atoms with Crippen molar-refractivity contribution in [3.63, 3.8) is 0 Å². The molecule has 0 saturated heterocycles. The van der Waals surface area contributed by atoms with Crippen molar-refractivity contribution in [3.8, 4) is 0 Å². The maximum absolute atomic E-state index is 13.7. The zero-order valence-electron chi connectivity index (χ0n) is 30.1. The summed E-state index contributed by atoms with van der Waals surface area (Å²) < 4.78 is 0. The number of guanidine groups is 3. The average molecular weight is 720 g/mol. The standard InChI is InChI=1S/C36H45N15O2/c1-19(45-18-33(37)38)26-9-25(10-27(14-26)20(2)46-49-34(39)40)12-31(52)11-23-6-5-7-24(8-23)13-32(53)30-16-28(21(3)47-50-35(41)42)15-29(17-30)22(4)48-51-36(43)44/h5-10,14-17H,11-13,18H2,1-4H3,(H3,37,38)(H4,39,40,49)(H4,41,42,50)(H4,43,44,51)/b45-19?,46-20+,47-21+,48-22+. The van der Waals surface area contributed by atoms with Gasteiger partial charge in [-0.1, -0.05) is 24.3 Å². The normalized spacial score (nSPS) is 12.2. The third-order valence-corrected chi connectivity index (χ3v) is 7.51. The lowest BCUT2D eigenvalue weighted by molar-refractivity contribution is -0.117. The van der Waals surface area contributed by atoms with Crippen molar-refractivity contribution in [3.05, 3.63) is 105 Å². The van der Waals surface area contributed by atoms with Crippen LogP contribution in [0.25, 0.3) is 0 Å². The van der Waals surface area contributed by atoms with Gasteiger partial charge in [0.05, 0.1) is 23.7 Å². The molecule has 0 aromatic heterocycles. The summed E-state index contributed by atoms with van der Waals surface area (Å²) in [7, 11) is 0. The van der Waals surface area contributed by atoms with Crippen molar-refractivity contribution in [1.29, 1.82) is 5.41 Å². The van der Waals surface area contributed by atoms with Crippen LogP contribution in [0.15, 0.2) is 96.3 Å². The number of nitrogens with two attached hydrogens (primary N) is 7. The van der Waals surface area contributed by atoms with Gasteiger partial charge >= 0.3 is 0 Å². The van der Waals surface area contributed by atoms with Crippen molar-refractivity contribution in [2.75, 3.05) is 6.54 Å². The lowest BCUT2D eigenvalue weighted by Crippen LogP contribution is -2.22. The van der Waals surface area contributed by atoms with E-state index in [9.17, 15) is 9.59 Å². The molecule has 276 valence electrons. The Balaban J connectivity index is 1.89. The molecule has 0 amide bonds. The van der Waals surface area contributed by atoms with Gasteiger partial charge in [0.1, 0.15) is 11.6 Å². The highest BCUT2D eigenvalue weighted by molar-refractivity contribution is 6.08. The Labute approximate surface area is 307 Å². The minimum Gasteiger partial charge on any atom is -0.386 e. The van der Waals surface area contributed by atoms with E-state index < -0.39 is 0 Å². The lowest BCUT2D eigenvalue weighted by atomic mass is 9.94. The summed E-state index contributed by atoms with van der Waals surface area (Å²) in [5, 5.41) is 30.8. The van der Waals surface area contributed by atoms with Crippen molar-refractivity contribution < 1.29 is 9.59 Å². The van der Waals surface area contributed by atoms with Gasteiger partial charge < -0.3 is 40.1 Å². The van der Waals surface area contributed by atoms with Gasteiger partial charge in [-0.15, -0.1) is 15.3 Å². The fourth-order valence-corrected chi connectivity index (χ4v) is 4.94. The van der Waals surface area contributed by atoms with Crippen LogP contribution in [-0.2, 0) is 24.1 Å². The maximum atomic E-state index is 13.7. The quantitative estimate of drug-likeness (QED) is 0.0456. The Bertz CT molecular complexity index is 2040. The number of carbonyl (C=O) groups excluding carboxylic acids is 2. The molecule has 3 aromatic carbocycles. The molecule has 53 heavy (non-hydrogen) atoms. The first-order chi connectivity index (χ1) is 25.0. The number of ketones is 2. The third kappa shape index (κ3) is 13.3. The predicted octanol–water partition coefficient (Wildman–Crippen LogP) is 1.20. The van der Waals surface area contributed by atoms with Gasteiger partial charge in [0.15, 0.2) is 5.78 Å². The minimum absolute atomic E-state index is 0.0392. The predicted molar refractivity (Wildman–Crippen MR) is 213 cm³/mol. The smallest absolute Gasteiger partial charge is 0.211 e. The molecular weight excluding hydrogens is 674 g/mol. The highest BCUT2D eigenvalue weighted by Crippen LogP contribution is 2.19. The van der Waals surface area contributed by atoms with Gasteiger partial charge in [-0.2, -0.15) is 15.3 Å². The Morgan fingerprint density at radius 1 is 0.509 bits per heavy atom. The Hall–Kier alpha value is -7.04. The molecule has 0 fully saturated rings. The average Bonchev–Trinajstić information content (AvgIpc) is 3.10. The zero-order valence-corrected chi connectivity index (χ0v) is 30.1. The van der Waals surface area contributed by atoms with E-state index in [4.69, 9.17) is 45.5 Å². The molecule has 0 aliphatic carbocycles. The molecule has 0 atom stereocenters. The molecular formula is C36H45N15O2. The van der Waals surface area contributed by atoms with E-state index in [0.29, 0.717) is 45.1 Å². The molecule has 0 aliphatic heterocycles. The minimum atomic E-state index is -0.214. The van der Waals surface area contributed by atoms with Crippen molar-refractivity contribution in [2.45, 2.75) is 47.0 Å². The van der Waals surface area contributed by atoms with Gasteiger partial charge in [-0.05, 0) is 103 Å². The van der Waals surface area contributed by atoms with Crippen LogP contribution in [0.1, 0.15) is 77.0 Å². The highest BCUT2D eigenvalue weighted by Gasteiger charge is 2.15. The number of rotatable bonds is 16. The number of Topliss-reactive ketones (excluding diaryl/α,β-unsaturated/α-hetero) is 2. The second-order valence-corrected chi connectivity index (χ2v) is 12.1. The van der Waals surface area contributed by atoms with Crippen LogP contribution in [0.5, 0.6) is 0 Å². The van der Waals surface area contributed by atoms with Crippen LogP contribution in [0.3, 0.4) is 0 Å². The maximum Gasteiger partial charge on any atom is 0.211 e. The molecule has 0 heterocycles. The number of carbonyl (C=O) groups is 2. The number of amidine groups is 1. The first kappa shape index (κ1) is 40.4. The van der Waals surface area contributed by atoms with E-state index in [2.05, 4.69) is 35.6 Å². The number of hydrogen-bond acceptors (Lipinski definition) is 10. The molecule has 0 saturated carbocycles. The van der Waals surface area contributed by atoms with Gasteiger partial charge in [-0.3, -0.25) is 20.0 Å². The summed E-state index contributed by atoms with van der Waals surface area (Å²) >= 11 is 0. The summed E-state index contributed by atoms with van der Waals surface area (Å²) in [4.78, 5) is 31.5. The largest absolute Gasteiger partial charge is 0.386 e. The zero-order chi connectivity index (χ0) is 39.2. The van der Waals surface area contributed by atoms with Crippen LogP contribution in [-0.4, -0.2) is 64.7 Å². The monoisotopic (exact) mass is 719 g/mol. The molecule has 15 N–H and O–H groups in total. The summed E-state index contributed by atoms with van der Waals surface area (Å²) in [6.07, 6.45) is 0.287. The Morgan fingerprint density at radius 2 is 0.906 bits per heavy atom. The van der Waals surface area contributed by atoms with Gasteiger partial charge in [0.25, 0.3) is 0 Å². The molecule has 0 spiro atoms. The first-order valence-corrected chi connectivity index (χ1v) is 16.2. The molecule has 3 aromatic rings. The molecule has 0 bridgehead atoms. The molecule has 17 nitrogen and oxygen atoms in total. The summed E-state index contributed by atoms with van der Waals surface area (Å²) in [5.41, 5.74) is 45.4. The third-order valence-electron chi connectivity index (χ3n) is 7.51. The van der Waals surface area contributed by atoms with E-state index in [0.717, 1.165) is 22.3 Å². The Morgan fingerprint density at radius 3 is 1.36 bits per heavy atom. The summed E-state index contributed by atoms with van der Waals surface area (Å²) in [6, 6.07) is 18.0. The Kier molecular flexibility index (Phi) is 14.3. The topological polar surface area (TPSA) is 327 Å². The van der Waals surface area contributed by atoms with Gasteiger partial charge in [-0.25, -0.2) is 0 Å². The van der Waals surface area contributed by atoms with Gasteiger partial charge in [0.2, 0.25) is 17.9 Å². The molecule has 3 rings (SSSR count). The second-order valence-electron chi connectivity index (χ2n) is 12.1. The van der Waals surface area contributed by atoms with Crippen molar-refractivity contribution >= 4 is 58.1 Å². The van der Waals surface area contributed by atoms with Gasteiger partial charge in [0, 0.05) is 30.5 Å². The van der Waals surface area contributed by atoms with Crippen molar-refractivity contribution in [1.82, 2.24) is 0 Å². The number of hydrogen-bond donors (Lipinski definition) is 8. The van der Waals surface area contributed by atoms with Crippen LogP contribution >= 0.6 is 0 Å². The second kappa shape index (κ2) is 18.8. The van der Waals surface area contributed by atoms with E-state index in [1.807, 2.05) is 42.5 Å². The van der Waals surface area contributed by atoms with Crippen molar-refractivity contribution in [2.24, 2.45) is 75.7 Å². The number of aliphatic imine (C=N–C) groups is 1. The first-order valence-electron chi connectivity index (χ1n) is 16.2. The fourth-order valence-electron chi connectivity index (χ4n) is 4.94. The number of nitrogens with one attached hydrogen (secondary N) is 1. The SMILES string of the molecule is CC(=NCC(=N)N)c1cc(CC(=O)Cc2cccc(CC(=O)c3cc(/C(C)=N/N=C(N)N)cc(/C(C)=N/N=C(N)N)c3)c2)cc(/C(C)=N/N=C(N)N)c1. The van der Waals surface area contributed by atoms with Crippen LogP contribution < -0.4 is 40.1 Å². The number of nitrogens with zero attached hydrogens (tertiary/aromatic N) is 7. The van der Waals surface area contributed by atoms with Crippen LogP contribution in [0, 0.1) is 5.41 Å². The molecule has 0 aliphatic rings. The number of benzene rings is 3. The molecule has 17 heteroatoms. The summed E-state index contributed by atoms with van der Waals surface area (Å²) in [5.74, 6) is -0.938. The van der Waals surface area contributed by atoms with Crippen LogP contribution in [0.2, 0.25) is 0 Å². The highest BCUT2D eigenvalue weighted by atomic mass is 16.1. The lowest BCUT2D eigenvalue weighted by Gasteiger charge is -2.11. The fraction of sp³-hybridized carbons (Fsp3) is 0.222. The van der Waals surface area contributed by atoms with E-state index in [1.165, 1.54) is 0 Å². The summed E-state index contributed by atoms with van der Waals surface area (Å²) in [6.45, 7) is 6.97. The van der Waals surface area contributed by atoms with E-state index in [-0.39, 0.29) is 61.1 Å². The molecule has 0 unspecified atom stereocenters.